The highest BCUT2D eigenvalue weighted by molar-refractivity contribution is 6.31. The smallest absolute Gasteiger partial charge is 0.270 e. The van der Waals surface area contributed by atoms with E-state index in [0.717, 1.165) is 6.92 Å². The summed E-state index contributed by atoms with van der Waals surface area (Å²) in [6.07, 6.45) is 0. The molecule has 0 saturated heterocycles. The fourth-order valence-electron chi connectivity index (χ4n) is 1.28. The number of hydrogen-bond acceptors (Lipinski definition) is 1. The fraction of sp³-hybridized carbons (Fsp3) is 0.455. The molecule has 0 fully saturated rings. The Morgan fingerprint density at radius 1 is 1.20 bits per heavy atom. The van der Waals surface area contributed by atoms with Gasteiger partial charge in [-0.3, -0.25) is 0 Å². The van der Waals surface area contributed by atoms with Crippen LogP contribution in [0.5, 0.6) is 0 Å². The summed E-state index contributed by atoms with van der Waals surface area (Å²) < 4.78 is 25.9. The maximum atomic E-state index is 12.9. The van der Waals surface area contributed by atoms with Crippen molar-refractivity contribution in [2.45, 2.75) is 32.3 Å². The predicted molar refractivity (Wildman–Crippen MR) is 56.3 cm³/mol. The molecule has 1 aromatic carbocycles. The third kappa shape index (κ3) is 2.89. The second-order valence-electron chi connectivity index (χ2n) is 4.14. The summed E-state index contributed by atoms with van der Waals surface area (Å²) in [5.74, 6) is -2.91. The first-order chi connectivity index (χ1) is 6.62. The van der Waals surface area contributed by atoms with Gasteiger partial charge in [-0.2, -0.15) is 0 Å². The number of benzene rings is 1. The number of halogens is 3. The first kappa shape index (κ1) is 12.4. The predicted octanol–water partition coefficient (Wildman–Crippen LogP) is 3.68. The van der Waals surface area contributed by atoms with E-state index in [2.05, 4.69) is 0 Å². The minimum atomic E-state index is -2.91. The quantitative estimate of drug-likeness (QED) is 0.828. The van der Waals surface area contributed by atoms with Crippen LogP contribution in [-0.2, 0) is 11.5 Å². The first-order valence-electron chi connectivity index (χ1n) is 4.53. The van der Waals surface area contributed by atoms with Crippen LogP contribution < -0.4 is 0 Å². The van der Waals surface area contributed by atoms with E-state index in [1.54, 1.807) is 13.8 Å². The fourth-order valence-corrected chi connectivity index (χ4v) is 1.70. The molecule has 0 atom stereocenters. The van der Waals surface area contributed by atoms with Crippen molar-refractivity contribution in [3.63, 3.8) is 0 Å². The minimum absolute atomic E-state index is 0.152. The van der Waals surface area contributed by atoms with Gasteiger partial charge in [-0.25, -0.2) is 8.78 Å². The largest absolute Gasteiger partial charge is 0.386 e. The molecule has 1 aromatic rings. The summed E-state index contributed by atoms with van der Waals surface area (Å²) in [7, 11) is 0. The van der Waals surface area contributed by atoms with Gasteiger partial charge in [0, 0.05) is 23.1 Å². The molecule has 0 aliphatic carbocycles. The highest BCUT2D eigenvalue weighted by atomic mass is 35.5. The summed E-state index contributed by atoms with van der Waals surface area (Å²) >= 11 is 5.83. The second kappa shape index (κ2) is 3.72. The average Bonchev–Trinajstić information content (AvgIpc) is 1.99. The van der Waals surface area contributed by atoms with E-state index in [4.69, 9.17) is 11.6 Å². The molecule has 0 saturated carbocycles. The van der Waals surface area contributed by atoms with Gasteiger partial charge in [0.2, 0.25) is 0 Å². The van der Waals surface area contributed by atoms with Crippen molar-refractivity contribution in [2.75, 3.05) is 0 Å². The van der Waals surface area contributed by atoms with Crippen LogP contribution in [0.1, 0.15) is 31.9 Å². The number of hydrogen-bond donors (Lipinski definition) is 1. The van der Waals surface area contributed by atoms with Crippen LogP contribution >= 0.6 is 11.6 Å². The highest BCUT2D eigenvalue weighted by Crippen LogP contribution is 2.33. The summed E-state index contributed by atoms with van der Waals surface area (Å²) in [6, 6.07) is 3.89. The van der Waals surface area contributed by atoms with E-state index in [0.29, 0.717) is 5.56 Å². The van der Waals surface area contributed by atoms with Gasteiger partial charge < -0.3 is 5.11 Å². The number of aliphatic hydroxyl groups is 1. The van der Waals surface area contributed by atoms with Crippen LogP contribution in [0.2, 0.25) is 5.02 Å². The normalized spacial score (nSPS) is 13.0. The molecule has 0 heterocycles. The molecule has 4 heteroatoms. The SMILES string of the molecule is CC(C)(O)c1ccc(C(C)(F)F)cc1Cl. The molecule has 0 bridgehead atoms. The van der Waals surface area contributed by atoms with Crippen LogP contribution in [0.4, 0.5) is 8.78 Å². The van der Waals surface area contributed by atoms with E-state index < -0.39 is 11.5 Å². The van der Waals surface area contributed by atoms with E-state index >= 15 is 0 Å². The van der Waals surface area contributed by atoms with E-state index in [1.807, 2.05) is 0 Å². The van der Waals surface area contributed by atoms with Gasteiger partial charge in [-0.05, 0) is 19.9 Å². The molecule has 84 valence electrons. The number of alkyl halides is 2. The summed E-state index contributed by atoms with van der Waals surface area (Å²) in [4.78, 5) is 0. The maximum Gasteiger partial charge on any atom is 0.270 e. The number of rotatable bonds is 2. The molecule has 1 nitrogen and oxygen atoms in total. The molecule has 0 aliphatic rings. The second-order valence-corrected chi connectivity index (χ2v) is 4.55. The van der Waals surface area contributed by atoms with Crippen molar-refractivity contribution in [2.24, 2.45) is 0 Å². The highest BCUT2D eigenvalue weighted by Gasteiger charge is 2.27. The third-order valence-electron chi connectivity index (χ3n) is 2.14. The van der Waals surface area contributed by atoms with Gasteiger partial charge >= 0.3 is 0 Å². The van der Waals surface area contributed by atoms with Gasteiger partial charge in [0.05, 0.1) is 5.60 Å². The molecule has 0 aliphatic heterocycles. The molecule has 0 spiro atoms. The average molecular weight is 235 g/mol. The Morgan fingerprint density at radius 3 is 2.07 bits per heavy atom. The van der Waals surface area contributed by atoms with Crippen molar-refractivity contribution >= 4 is 11.6 Å². The van der Waals surface area contributed by atoms with Crippen LogP contribution in [0.3, 0.4) is 0 Å². The third-order valence-corrected chi connectivity index (χ3v) is 2.45. The van der Waals surface area contributed by atoms with Crippen LogP contribution in [0, 0.1) is 0 Å². The standard InChI is InChI=1S/C11H13ClF2O/c1-10(2,15)8-5-4-7(6-9(8)12)11(3,13)14/h4-6,15H,1-3H3. The summed E-state index contributed by atoms with van der Waals surface area (Å²) in [6.45, 7) is 3.92. The Kier molecular flexibility index (Phi) is 3.08. The van der Waals surface area contributed by atoms with Gasteiger partial charge in [0.15, 0.2) is 0 Å². The minimum Gasteiger partial charge on any atom is -0.386 e. The molecule has 0 amide bonds. The first-order valence-corrected chi connectivity index (χ1v) is 4.91. The molecule has 0 radical (unpaired) electrons. The Morgan fingerprint density at radius 2 is 1.73 bits per heavy atom. The lowest BCUT2D eigenvalue weighted by molar-refractivity contribution is 0.0172. The van der Waals surface area contributed by atoms with Crippen LogP contribution in [-0.4, -0.2) is 5.11 Å². The maximum absolute atomic E-state index is 12.9. The lowest BCUT2D eigenvalue weighted by Gasteiger charge is -2.21. The van der Waals surface area contributed by atoms with Gasteiger partial charge in [0.25, 0.3) is 5.92 Å². The Labute approximate surface area is 92.7 Å². The lowest BCUT2D eigenvalue weighted by atomic mass is 9.96. The van der Waals surface area contributed by atoms with Crippen molar-refractivity contribution in [3.05, 3.63) is 34.3 Å². The molecule has 15 heavy (non-hydrogen) atoms. The van der Waals surface area contributed by atoms with E-state index in [1.165, 1.54) is 18.2 Å². The van der Waals surface area contributed by atoms with Crippen LogP contribution in [0.15, 0.2) is 18.2 Å². The Hall–Kier alpha value is -0.670. The summed E-state index contributed by atoms with van der Waals surface area (Å²) in [5, 5.41) is 9.85. The van der Waals surface area contributed by atoms with Gasteiger partial charge in [0.1, 0.15) is 0 Å². The topological polar surface area (TPSA) is 20.2 Å². The molecule has 0 unspecified atom stereocenters. The molecule has 1 N–H and O–H groups in total. The van der Waals surface area contributed by atoms with E-state index in [-0.39, 0.29) is 10.6 Å². The zero-order valence-electron chi connectivity index (χ0n) is 8.81. The monoisotopic (exact) mass is 234 g/mol. The molecule has 1 rings (SSSR count). The zero-order valence-corrected chi connectivity index (χ0v) is 9.57. The Bertz CT molecular complexity index is 364. The molecule has 0 aromatic heterocycles. The van der Waals surface area contributed by atoms with Crippen molar-refractivity contribution in [3.8, 4) is 0 Å². The van der Waals surface area contributed by atoms with E-state index in [9.17, 15) is 13.9 Å². The van der Waals surface area contributed by atoms with Crippen molar-refractivity contribution in [1.29, 1.82) is 0 Å². The lowest BCUT2D eigenvalue weighted by Crippen LogP contribution is -2.17. The van der Waals surface area contributed by atoms with Gasteiger partial charge in [-0.15, -0.1) is 0 Å². The summed E-state index contributed by atoms with van der Waals surface area (Å²) in [5.41, 5.74) is -0.837. The van der Waals surface area contributed by atoms with Gasteiger partial charge in [-0.1, -0.05) is 23.7 Å². The van der Waals surface area contributed by atoms with Crippen molar-refractivity contribution < 1.29 is 13.9 Å². The Balaban J connectivity index is 3.21. The molecular weight excluding hydrogens is 222 g/mol. The molecular formula is C11H13ClF2O. The van der Waals surface area contributed by atoms with Crippen molar-refractivity contribution in [1.82, 2.24) is 0 Å². The van der Waals surface area contributed by atoms with Crippen LogP contribution in [0.25, 0.3) is 0 Å². The zero-order chi connectivity index (χ0) is 11.9.